The van der Waals surface area contributed by atoms with E-state index in [-0.39, 0.29) is 18.0 Å². The summed E-state index contributed by atoms with van der Waals surface area (Å²) in [4.78, 5) is 11.9. The van der Waals surface area contributed by atoms with E-state index in [1.54, 1.807) is 48.5 Å². The van der Waals surface area contributed by atoms with E-state index < -0.39 is 16.1 Å². The molecule has 6 nitrogen and oxygen atoms in total. The number of nitrogens with zero attached hydrogens (tertiary/aromatic N) is 1. The van der Waals surface area contributed by atoms with Crippen LogP contribution in [0.25, 0.3) is 0 Å². The Labute approximate surface area is 142 Å². The average Bonchev–Trinajstić information content (AvgIpc) is 2.56. The molecule has 0 heterocycles. The Morgan fingerprint density at radius 3 is 2.33 bits per heavy atom. The zero-order valence-corrected chi connectivity index (χ0v) is 14.4. The molecule has 2 rings (SSSR count). The molecule has 0 atom stereocenters. The lowest BCUT2D eigenvalue weighted by atomic mass is 10.2. The molecule has 0 spiro atoms. The fourth-order valence-corrected chi connectivity index (χ4v) is 3.13. The molecule has 7 heteroatoms. The summed E-state index contributed by atoms with van der Waals surface area (Å²) in [6.07, 6.45) is -0.623. The van der Waals surface area contributed by atoms with Crippen LogP contribution in [0.2, 0.25) is 0 Å². The van der Waals surface area contributed by atoms with Crippen LogP contribution in [-0.2, 0) is 10.0 Å². The molecule has 0 radical (unpaired) electrons. The van der Waals surface area contributed by atoms with Gasteiger partial charge in [0.1, 0.15) is 5.75 Å². The van der Waals surface area contributed by atoms with Gasteiger partial charge in [0.25, 0.3) is 0 Å². The molecule has 24 heavy (non-hydrogen) atoms. The third kappa shape index (κ3) is 4.81. The van der Waals surface area contributed by atoms with Gasteiger partial charge in [0.05, 0.1) is 4.90 Å². The molecule has 0 unspecified atom stereocenters. The van der Waals surface area contributed by atoms with Crippen molar-refractivity contribution in [2.24, 2.45) is 0 Å². The van der Waals surface area contributed by atoms with E-state index >= 15 is 0 Å². The molecule has 0 aliphatic heterocycles. The SMILES string of the molecule is Cc1ccc(S(=O)(=O)N(C)CCNC(=O)Oc2ccccc2)cc1. The highest BCUT2D eigenvalue weighted by molar-refractivity contribution is 7.89. The van der Waals surface area contributed by atoms with E-state index in [0.717, 1.165) is 5.56 Å². The van der Waals surface area contributed by atoms with Crippen molar-refractivity contribution in [1.82, 2.24) is 9.62 Å². The molecule has 1 N–H and O–H groups in total. The number of benzene rings is 2. The van der Waals surface area contributed by atoms with Crippen LogP contribution in [0.4, 0.5) is 4.79 Å². The Kier molecular flexibility index (Phi) is 5.94. The molecule has 0 aliphatic carbocycles. The van der Waals surface area contributed by atoms with Crippen molar-refractivity contribution in [3.05, 3.63) is 60.2 Å². The number of amides is 1. The quantitative estimate of drug-likeness (QED) is 0.870. The number of likely N-dealkylation sites (N-methyl/N-ethyl adjacent to an activating group) is 1. The van der Waals surface area contributed by atoms with Crippen LogP contribution in [0.3, 0.4) is 0 Å². The highest BCUT2D eigenvalue weighted by Gasteiger charge is 2.20. The summed E-state index contributed by atoms with van der Waals surface area (Å²) < 4.78 is 31.0. The number of nitrogens with one attached hydrogen (secondary N) is 1. The maximum Gasteiger partial charge on any atom is 0.412 e. The molecule has 128 valence electrons. The molecule has 0 bridgehead atoms. The number of sulfonamides is 1. The summed E-state index contributed by atoms with van der Waals surface area (Å²) in [6.45, 7) is 2.18. The van der Waals surface area contributed by atoms with Gasteiger partial charge in [-0.05, 0) is 31.2 Å². The molecular weight excluding hydrogens is 328 g/mol. The Morgan fingerprint density at radius 1 is 1.08 bits per heavy atom. The van der Waals surface area contributed by atoms with Crippen molar-refractivity contribution in [3.8, 4) is 5.75 Å². The van der Waals surface area contributed by atoms with Crippen molar-refractivity contribution in [3.63, 3.8) is 0 Å². The topological polar surface area (TPSA) is 75.7 Å². The molecule has 0 aromatic heterocycles. The van der Waals surface area contributed by atoms with Gasteiger partial charge in [-0.15, -0.1) is 0 Å². The summed E-state index contributed by atoms with van der Waals surface area (Å²) >= 11 is 0. The number of hydrogen-bond donors (Lipinski definition) is 1. The first-order chi connectivity index (χ1) is 11.4. The van der Waals surface area contributed by atoms with Crippen LogP contribution in [0.1, 0.15) is 5.56 Å². The molecule has 0 saturated carbocycles. The van der Waals surface area contributed by atoms with Crippen LogP contribution in [0.5, 0.6) is 5.75 Å². The van der Waals surface area contributed by atoms with Crippen molar-refractivity contribution in [2.45, 2.75) is 11.8 Å². The van der Waals surface area contributed by atoms with E-state index in [4.69, 9.17) is 4.74 Å². The van der Waals surface area contributed by atoms with E-state index in [2.05, 4.69) is 5.32 Å². The highest BCUT2D eigenvalue weighted by atomic mass is 32.2. The zero-order chi connectivity index (χ0) is 17.6. The summed E-state index contributed by atoms with van der Waals surface area (Å²) in [5, 5.41) is 2.53. The summed E-state index contributed by atoms with van der Waals surface area (Å²) in [5.41, 5.74) is 0.988. The van der Waals surface area contributed by atoms with Gasteiger partial charge in [-0.1, -0.05) is 35.9 Å². The second kappa shape index (κ2) is 7.94. The minimum atomic E-state index is -3.57. The minimum absolute atomic E-state index is 0.139. The maximum atomic E-state index is 12.4. The molecule has 0 saturated heterocycles. The Morgan fingerprint density at radius 2 is 1.71 bits per heavy atom. The normalized spacial score (nSPS) is 11.3. The van der Waals surface area contributed by atoms with Crippen LogP contribution < -0.4 is 10.1 Å². The standard InChI is InChI=1S/C17H20N2O4S/c1-14-8-10-16(11-9-14)24(21,22)19(2)13-12-18-17(20)23-15-6-4-3-5-7-15/h3-11H,12-13H2,1-2H3,(H,18,20). The van der Waals surface area contributed by atoms with E-state index in [0.29, 0.717) is 5.75 Å². The first kappa shape index (κ1) is 18.0. The van der Waals surface area contributed by atoms with Gasteiger partial charge in [0, 0.05) is 20.1 Å². The van der Waals surface area contributed by atoms with Crippen molar-refractivity contribution < 1.29 is 17.9 Å². The number of carbonyl (C=O) groups excluding carboxylic acids is 1. The van der Waals surface area contributed by atoms with E-state index in [1.807, 2.05) is 13.0 Å². The fraction of sp³-hybridized carbons (Fsp3) is 0.235. The lowest BCUT2D eigenvalue weighted by molar-refractivity contribution is 0.200. The van der Waals surface area contributed by atoms with Crippen molar-refractivity contribution in [1.29, 1.82) is 0 Å². The van der Waals surface area contributed by atoms with Crippen LogP contribution in [0.15, 0.2) is 59.5 Å². The number of aryl methyl sites for hydroxylation is 1. The predicted octanol–water partition coefficient (Wildman–Crippen LogP) is 2.40. The highest BCUT2D eigenvalue weighted by Crippen LogP contribution is 2.14. The minimum Gasteiger partial charge on any atom is -0.410 e. The van der Waals surface area contributed by atoms with Gasteiger partial charge in [-0.2, -0.15) is 4.31 Å². The number of rotatable bonds is 6. The summed E-state index contributed by atoms with van der Waals surface area (Å²) in [5.74, 6) is 0.427. The largest absolute Gasteiger partial charge is 0.412 e. The Bertz CT molecular complexity index is 774. The number of ether oxygens (including phenoxy) is 1. The first-order valence-corrected chi connectivity index (χ1v) is 8.87. The Balaban J connectivity index is 1.85. The second-order valence-electron chi connectivity index (χ2n) is 5.27. The molecule has 2 aromatic carbocycles. The van der Waals surface area contributed by atoms with Crippen LogP contribution in [0, 0.1) is 6.92 Å². The van der Waals surface area contributed by atoms with Crippen LogP contribution in [-0.4, -0.2) is 39.0 Å². The average molecular weight is 348 g/mol. The molecule has 2 aromatic rings. The van der Waals surface area contributed by atoms with E-state index in [1.165, 1.54) is 11.4 Å². The van der Waals surface area contributed by atoms with E-state index in [9.17, 15) is 13.2 Å². The van der Waals surface area contributed by atoms with Crippen molar-refractivity contribution >= 4 is 16.1 Å². The van der Waals surface area contributed by atoms with Crippen LogP contribution >= 0.6 is 0 Å². The van der Waals surface area contributed by atoms with Gasteiger partial charge in [0.15, 0.2) is 0 Å². The number of carbonyl (C=O) groups is 1. The fourth-order valence-electron chi connectivity index (χ4n) is 1.96. The monoisotopic (exact) mass is 348 g/mol. The summed E-state index contributed by atoms with van der Waals surface area (Å²) in [6, 6.07) is 15.3. The Hall–Kier alpha value is -2.38. The number of hydrogen-bond acceptors (Lipinski definition) is 4. The molecule has 0 aliphatic rings. The molecule has 0 fully saturated rings. The predicted molar refractivity (Wildman–Crippen MR) is 91.5 cm³/mol. The smallest absolute Gasteiger partial charge is 0.410 e. The van der Waals surface area contributed by atoms with Gasteiger partial charge in [0.2, 0.25) is 10.0 Å². The molecular formula is C17H20N2O4S. The maximum absolute atomic E-state index is 12.4. The van der Waals surface area contributed by atoms with Gasteiger partial charge in [-0.25, -0.2) is 13.2 Å². The lowest BCUT2D eigenvalue weighted by Crippen LogP contribution is -2.37. The van der Waals surface area contributed by atoms with Gasteiger partial charge < -0.3 is 10.1 Å². The third-order valence-electron chi connectivity index (χ3n) is 3.38. The molecule has 1 amide bonds. The number of para-hydroxylation sites is 1. The second-order valence-corrected chi connectivity index (χ2v) is 7.31. The zero-order valence-electron chi connectivity index (χ0n) is 13.6. The third-order valence-corrected chi connectivity index (χ3v) is 5.25. The van der Waals surface area contributed by atoms with Gasteiger partial charge >= 0.3 is 6.09 Å². The summed E-state index contributed by atoms with van der Waals surface area (Å²) in [7, 11) is -2.10. The first-order valence-electron chi connectivity index (χ1n) is 7.43. The van der Waals surface area contributed by atoms with Crippen molar-refractivity contribution in [2.75, 3.05) is 20.1 Å². The lowest BCUT2D eigenvalue weighted by Gasteiger charge is -2.17. The van der Waals surface area contributed by atoms with Gasteiger partial charge in [-0.3, -0.25) is 0 Å².